The van der Waals surface area contributed by atoms with Crippen LogP contribution in [-0.4, -0.2) is 25.5 Å². The van der Waals surface area contributed by atoms with Gasteiger partial charge in [0.25, 0.3) is 0 Å². The minimum absolute atomic E-state index is 0.128. The highest BCUT2D eigenvalue weighted by Crippen LogP contribution is 2.25. The lowest BCUT2D eigenvalue weighted by Gasteiger charge is -2.20. The number of rotatable bonds is 12. The number of ether oxygens (including phenoxy) is 4. The van der Waals surface area contributed by atoms with Crippen molar-refractivity contribution in [2.45, 2.75) is 27.2 Å². The minimum Gasteiger partial charge on any atom is -0.457 e. The molecule has 7 heteroatoms. The zero-order valence-corrected chi connectivity index (χ0v) is 22.3. The normalized spacial score (nSPS) is 11.5. The molecule has 0 saturated heterocycles. The Hall–Kier alpha value is -4.83. The van der Waals surface area contributed by atoms with Gasteiger partial charge >= 0.3 is 11.9 Å². The van der Waals surface area contributed by atoms with E-state index in [0.29, 0.717) is 17.9 Å². The Morgan fingerprint density at radius 3 is 1.87 bits per heavy atom. The summed E-state index contributed by atoms with van der Waals surface area (Å²) in [5, 5.41) is 9.25. The molecule has 39 heavy (non-hydrogen) atoms. The molecule has 0 aliphatic carbocycles. The highest BCUT2D eigenvalue weighted by Gasteiger charge is 2.27. The van der Waals surface area contributed by atoms with Gasteiger partial charge in [-0.3, -0.25) is 4.79 Å². The van der Waals surface area contributed by atoms with Crippen molar-refractivity contribution in [3.8, 4) is 28.7 Å². The zero-order valence-electron chi connectivity index (χ0n) is 22.3. The summed E-state index contributed by atoms with van der Waals surface area (Å²) in [6.07, 6.45) is 5.49. The highest BCUT2D eigenvalue weighted by molar-refractivity contribution is 5.93. The van der Waals surface area contributed by atoms with Crippen LogP contribution in [0.5, 0.6) is 11.5 Å². The molecule has 0 radical (unpaired) electrons. The fourth-order valence-electron chi connectivity index (χ4n) is 3.18. The van der Waals surface area contributed by atoms with Gasteiger partial charge in [-0.1, -0.05) is 73.7 Å². The number of carbonyl (C=O) groups is 2. The van der Waals surface area contributed by atoms with E-state index >= 15 is 0 Å². The van der Waals surface area contributed by atoms with Crippen LogP contribution in [0.4, 0.5) is 0 Å². The van der Waals surface area contributed by atoms with Crippen LogP contribution in [-0.2, 0) is 19.1 Å². The van der Waals surface area contributed by atoms with Crippen molar-refractivity contribution in [2.24, 2.45) is 5.41 Å². The van der Waals surface area contributed by atoms with Crippen LogP contribution >= 0.6 is 0 Å². The zero-order chi connectivity index (χ0) is 28.1. The summed E-state index contributed by atoms with van der Waals surface area (Å²) in [5.41, 5.74) is 2.18. The summed E-state index contributed by atoms with van der Waals surface area (Å²) >= 11 is 0. The quantitative estimate of drug-likeness (QED) is 0.0852. The van der Waals surface area contributed by atoms with E-state index < -0.39 is 11.4 Å². The van der Waals surface area contributed by atoms with Gasteiger partial charge < -0.3 is 18.9 Å². The van der Waals surface area contributed by atoms with Crippen LogP contribution in [0, 0.1) is 16.7 Å². The van der Waals surface area contributed by atoms with E-state index in [4.69, 9.17) is 18.9 Å². The molecule has 0 amide bonds. The van der Waals surface area contributed by atoms with E-state index in [2.05, 4.69) is 0 Å². The first-order valence-electron chi connectivity index (χ1n) is 12.5. The first-order valence-corrected chi connectivity index (χ1v) is 12.5. The lowest BCUT2D eigenvalue weighted by molar-refractivity contribution is -0.160. The smallest absolute Gasteiger partial charge is 0.351 e. The molecular weight excluding hydrogens is 494 g/mol. The van der Waals surface area contributed by atoms with Gasteiger partial charge in [0.15, 0.2) is 0 Å². The molecule has 0 spiro atoms. The summed E-state index contributed by atoms with van der Waals surface area (Å²) < 4.78 is 21.3. The number of hydrogen-bond acceptors (Lipinski definition) is 7. The second kappa shape index (κ2) is 14.2. The second-order valence-electron chi connectivity index (χ2n) is 9.14. The Morgan fingerprint density at radius 2 is 1.36 bits per heavy atom. The van der Waals surface area contributed by atoms with E-state index in [1.807, 2.05) is 81.4 Å². The third-order valence-corrected chi connectivity index (χ3v) is 6.00. The summed E-state index contributed by atoms with van der Waals surface area (Å²) in [4.78, 5) is 24.2. The van der Waals surface area contributed by atoms with Gasteiger partial charge in [0.2, 0.25) is 13.6 Å². The molecule has 3 rings (SSSR count). The fourth-order valence-corrected chi connectivity index (χ4v) is 3.18. The molecule has 0 aromatic heterocycles. The standard InChI is InChI=1S/C32H31NO6/c1-4-32(2,3)31(35)39-23-37-29-19-15-26(16-20-29)25-13-17-28(18-14-25)36-22-38-30(34)27(21-33)12-8-11-24-9-6-5-7-10-24/h5-20H,4,22-23H2,1-3H3/b11-8+,27-12+. The summed E-state index contributed by atoms with van der Waals surface area (Å²) in [6.45, 7) is 5.13. The number of hydrogen-bond donors (Lipinski definition) is 0. The SMILES string of the molecule is CCC(C)(C)C(=O)OCOc1ccc(-c2ccc(OCOC(=O)/C(C#N)=C/C=C/c3ccccc3)cc2)cc1. The van der Waals surface area contributed by atoms with Gasteiger partial charge in [-0.2, -0.15) is 5.26 Å². The minimum atomic E-state index is -0.766. The van der Waals surface area contributed by atoms with E-state index in [-0.39, 0.29) is 25.1 Å². The molecule has 0 unspecified atom stereocenters. The molecule has 0 aliphatic rings. The van der Waals surface area contributed by atoms with Gasteiger partial charge in [-0.25, -0.2) is 4.79 Å². The summed E-state index contributed by atoms with van der Waals surface area (Å²) in [6, 6.07) is 26.0. The molecule has 0 heterocycles. The summed E-state index contributed by atoms with van der Waals surface area (Å²) in [5.74, 6) is 0.0355. The predicted molar refractivity (Wildman–Crippen MR) is 148 cm³/mol. The van der Waals surface area contributed by atoms with Gasteiger partial charge in [0.1, 0.15) is 23.1 Å². The Balaban J connectivity index is 1.45. The van der Waals surface area contributed by atoms with Crippen molar-refractivity contribution < 1.29 is 28.5 Å². The molecule has 3 aromatic carbocycles. The first kappa shape index (κ1) is 28.7. The molecule has 200 valence electrons. The molecule has 0 fully saturated rings. The van der Waals surface area contributed by atoms with Crippen LogP contribution in [0.3, 0.4) is 0 Å². The maximum absolute atomic E-state index is 12.2. The van der Waals surface area contributed by atoms with Crippen molar-refractivity contribution in [1.82, 2.24) is 0 Å². The van der Waals surface area contributed by atoms with Crippen LogP contribution in [0.15, 0.2) is 96.6 Å². The molecule has 0 atom stereocenters. The molecule has 0 bridgehead atoms. The van der Waals surface area contributed by atoms with E-state index in [9.17, 15) is 14.9 Å². The van der Waals surface area contributed by atoms with Crippen molar-refractivity contribution in [3.05, 3.63) is 102 Å². The average molecular weight is 526 g/mol. The van der Waals surface area contributed by atoms with Gasteiger partial charge in [0, 0.05) is 0 Å². The maximum atomic E-state index is 12.2. The largest absolute Gasteiger partial charge is 0.457 e. The van der Waals surface area contributed by atoms with Crippen molar-refractivity contribution in [2.75, 3.05) is 13.6 Å². The average Bonchev–Trinajstić information content (AvgIpc) is 2.96. The lowest BCUT2D eigenvalue weighted by Crippen LogP contribution is -2.27. The number of carbonyl (C=O) groups excluding carboxylic acids is 2. The topological polar surface area (TPSA) is 94.8 Å². The van der Waals surface area contributed by atoms with Crippen LogP contribution in [0.25, 0.3) is 17.2 Å². The number of nitriles is 1. The molecule has 3 aromatic rings. The predicted octanol–water partition coefficient (Wildman–Crippen LogP) is 6.71. The maximum Gasteiger partial charge on any atom is 0.351 e. The third-order valence-electron chi connectivity index (χ3n) is 6.00. The van der Waals surface area contributed by atoms with Crippen molar-refractivity contribution in [1.29, 1.82) is 5.26 Å². The van der Waals surface area contributed by atoms with Crippen molar-refractivity contribution >= 4 is 18.0 Å². The third kappa shape index (κ3) is 8.90. The van der Waals surface area contributed by atoms with Crippen molar-refractivity contribution in [3.63, 3.8) is 0 Å². The Morgan fingerprint density at radius 1 is 0.821 bits per heavy atom. The van der Waals surface area contributed by atoms with E-state index in [1.54, 1.807) is 36.4 Å². The first-order chi connectivity index (χ1) is 18.8. The van der Waals surface area contributed by atoms with Crippen LogP contribution < -0.4 is 9.47 Å². The second-order valence-corrected chi connectivity index (χ2v) is 9.14. The summed E-state index contributed by atoms with van der Waals surface area (Å²) in [7, 11) is 0. The molecule has 0 saturated carbocycles. The molecule has 0 N–H and O–H groups in total. The molecule has 0 aliphatic heterocycles. The van der Waals surface area contributed by atoms with Gasteiger partial charge in [-0.15, -0.1) is 0 Å². The number of nitrogens with zero attached hydrogens (tertiary/aromatic N) is 1. The number of esters is 2. The van der Waals surface area contributed by atoms with Gasteiger partial charge in [-0.05, 0) is 67.3 Å². The number of allylic oxidation sites excluding steroid dienone is 2. The fraction of sp³-hybridized carbons (Fsp3) is 0.219. The van der Waals surface area contributed by atoms with Crippen LogP contribution in [0.1, 0.15) is 32.8 Å². The lowest BCUT2D eigenvalue weighted by atomic mass is 9.91. The highest BCUT2D eigenvalue weighted by atomic mass is 16.7. The Labute approximate surface area is 228 Å². The Bertz CT molecular complexity index is 1330. The number of benzene rings is 3. The molecular formula is C32H31NO6. The van der Waals surface area contributed by atoms with E-state index in [0.717, 1.165) is 16.7 Å². The monoisotopic (exact) mass is 525 g/mol. The van der Waals surface area contributed by atoms with Gasteiger partial charge in [0.05, 0.1) is 5.41 Å². The molecule has 7 nitrogen and oxygen atoms in total. The van der Waals surface area contributed by atoms with E-state index in [1.165, 1.54) is 6.08 Å². The Kier molecular flexibility index (Phi) is 10.5. The van der Waals surface area contributed by atoms with Crippen LogP contribution in [0.2, 0.25) is 0 Å².